The molecule has 22 heavy (non-hydrogen) atoms. The Hall–Kier alpha value is -2.59. The first kappa shape index (κ1) is 14.4. The predicted molar refractivity (Wildman–Crippen MR) is 87.7 cm³/mol. The van der Waals surface area contributed by atoms with Crippen LogP contribution in [0.15, 0.2) is 60.8 Å². The van der Waals surface area contributed by atoms with Gasteiger partial charge in [-0.05, 0) is 43.3 Å². The van der Waals surface area contributed by atoms with Crippen molar-refractivity contribution in [2.45, 2.75) is 6.92 Å². The lowest BCUT2D eigenvalue weighted by molar-refractivity contribution is 0.102. The topological polar surface area (TPSA) is 46.9 Å². The number of amides is 1. The Balaban J connectivity index is 1.87. The lowest BCUT2D eigenvalue weighted by Crippen LogP contribution is -2.13. The third kappa shape index (κ3) is 2.87. The maximum absolute atomic E-state index is 12.3. The van der Waals surface area contributed by atoms with Crippen LogP contribution in [0.1, 0.15) is 16.1 Å². The zero-order chi connectivity index (χ0) is 15.5. The van der Waals surface area contributed by atoms with Crippen LogP contribution in [0.5, 0.6) is 0 Å². The summed E-state index contributed by atoms with van der Waals surface area (Å²) in [5.74, 6) is -0.177. The molecule has 0 bridgehead atoms. The van der Waals surface area contributed by atoms with Crippen LogP contribution in [0, 0.1) is 6.92 Å². The van der Waals surface area contributed by atoms with Gasteiger partial charge in [0.05, 0.1) is 23.1 Å². The largest absolute Gasteiger partial charge is 0.322 e. The molecule has 0 aliphatic rings. The van der Waals surface area contributed by atoms with Gasteiger partial charge in [-0.15, -0.1) is 0 Å². The fourth-order valence-corrected chi connectivity index (χ4v) is 2.32. The van der Waals surface area contributed by atoms with Gasteiger partial charge >= 0.3 is 0 Å². The van der Waals surface area contributed by atoms with Crippen molar-refractivity contribution in [3.63, 3.8) is 0 Å². The maximum Gasteiger partial charge on any atom is 0.259 e. The molecular weight excluding hydrogens is 298 g/mol. The number of anilines is 1. The highest BCUT2D eigenvalue weighted by molar-refractivity contribution is 6.30. The normalized spacial score (nSPS) is 10.5. The molecule has 0 atom stereocenters. The van der Waals surface area contributed by atoms with E-state index in [-0.39, 0.29) is 5.91 Å². The van der Waals surface area contributed by atoms with Crippen LogP contribution in [0.4, 0.5) is 5.69 Å². The summed E-state index contributed by atoms with van der Waals surface area (Å²) in [5.41, 5.74) is 2.93. The second-order valence-electron chi connectivity index (χ2n) is 4.85. The fourth-order valence-electron chi connectivity index (χ4n) is 2.20. The summed E-state index contributed by atoms with van der Waals surface area (Å²) < 4.78 is 1.72. The van der Waals surface area contributed by atoms with E-state index in [2.05, 4.69) is 10.4 Å². The number of nitrogens with one attached hydrogen (secondary N) is 1. The van der Waals surface area contributed by atoms with Crippen LogP contribution in [0.25, 0.3) is 5.69 Å². The molecule has 3 rings (SSSR count). The third-order valence-corrected chi connectivity index (χ3v) is 3.61. The van der Waals surface area contributed by atoms with E-state index in [4.69, 9.17) is 11.6 Å². The molecule has 0 saturated heterocycles. The molecule has 1 heterocycles. The van der Waals surface area contributed by atoms with Gasteiger partial charge in [0.1, 0.15) is 0 Å². The molecule has 3 aromatic rings. The van der Waals surface area contributed by atoms with Gasteiger partial charge in [0, 0.05) is 10.7 Å². The van der Waals surface area contributed by atoms with E-state index >= 15 is 0 Å². The van der Waals surface area contributed by atoms with Crippen molar-refractivity contribution in [1.82, 2.24) is 9.78 Å². The first-order valence-electron chi connectivity index (χ1n) is 6.82. The summed E-state index contributed by atoms with van der Waals surface area (Å²) in [6, 6.07) is 16.7. The molecule has 1 N–H and O–H groups in total. The van der Waals surface area contributed by atoms with Gasteiger partial charge < -0.3 is 5.32 Å². The third-order valence-electron chi connectivity index (χ3n) is 3.36. The van der Waals surface area contributed by atoms with Gasteiger partial charge in [-0.2, -0.15) is 5.10 Å². The van der Waals surface area contributed by atoms with Crippen molar-refractivity contribution in [1.29, 1.82) is 0 Å². The molecule has 1 aromatic heterocycles. The van der Waals surface area contributed by atoms with Crippen LogP contribution in [-0.2, 0) is 0 Å². The van der Waals surface area contributed by atoms with Crippen molar-refractivity contribution >= 4 is 23.2 Å². The summed E-state index contributed by atoms with van der Waals surface area (Å²) in [6.07, 6.45) is 1.57. The first-order valence-corrected chi connectivity index (χ1v) is 7.20. The average molecular weight is 312 g/mol. The number of nitrogens with zero attached hydrogens (tertiary/aromatic N) is 2. The molecular formula is C17H14ClN3O. The van der Waals surface area contributed by atoms with E-state index in [9.17, 15) is 4.79 Å². The van der Waals surface area contributed by atoms with Gasteiger partial charge in [0.2, 0.25) is 0 Å². The number of hydrogen-bond acceptors (Lipinski definition) is 2. The number of hydrogen-bond donors (Lipinski definition) is 1. The number of para-hydroxylation sites is 1. The lowest BCUT2D eigenvalue weighted by Gasteiger charge is -2.06. The number of benzene rings is 2. The number of halogens is 1. The van der Waals surface area contributed by atoms with E-state index in [0.29, 0.717) is 10.6 Å². The molecule has 0 fully saturated rings. The predicted octanol–water partition coefficient (Wildman–Crippen LogP) is 4.09. The van der Waals surface area contributed by atoms with E-state index in [1.165, 1.54) is 0 Å². The second-order valence-corrected chi connectivity index (χ2v) is 5.29. The monoisotopic (exact) mass is 311 g/mol. The highest BCUT2D eigenvalue weighted by atomic mass is 35.5. The minimum atomic E-state index is -0.177. The Kier molecular flexibility index (Phi) is 3.94. The van der Waals surface area contributed by atoms with Gasteiger partial charge in [-0.3, -0.25) is 4.79 Å². The number of carbonyl (C=O) groups is 1. The molecule has 0 aliphatic carbocycles. The van der Waals surface area contributed by atoms with Gasteiger partial charge in [-0.25, -0.2) is 4.68 Å². The average Bonchev–Trinajstić information content (AvgIpc) is 2.91. The van der Waals surface area contributed by atoms with Crippen LogP contribution in [0.2, 0.25) is 5.02 Å². The van der Waals surface area contributed by atoms with Crippen molar-refractivity contribution in [2.24, 2.45) is 0 Å². The lowest BCUT2D eigenvalue weighted by atomic mass is 10.2. The number of carbonyl (C=O) groups excluding carboxylic acids is 1. The minimum absolute atomic E-state index is 0.177. The molecule has 0 unspecified atom stereocenters. The van der Waals surface area contributed by atoms with Crippen LogP contribution in [0.3, 0.4) is 0 Å². The smallest absolute Gasteiger partial charge is 0.259 e. The highest BCUT2D eigenvalue weighted by Crippen LogP contribution is 2.18. The SMILES string of the molecule is Cc1c(C(=O)Nc2ccccc2)cnn1-c1ccc(Cl)cc1. The molecule has 0 radical (unpaired) electrons. The molecule has 0 spiro atoms. The fraction of sp³-hybridized carbons (Fsp3) is 0.0588. The Labute approximate surface area is 133 Å². The summed E-state index contributed by atoms with van der Waals surface area (Å²) >= 11 is 5.89. The van der Waals surface area contributed by atoms with Crippen LogP contribution in [-0.4, -0.2) is 15.7 Å². The molecule has 5 heteroatoms. The van der Waals surface area contributed by atoms with Crippen molar-refractivity contribution in [2.75, 3.05) is 5.32 Å². The van der Waals surface area contributed by atoms with Crippen LogP contribution < -0.4 is 5.32 Å². The van der Waals surface area contributed by atoms with Crippen molar-refractivity contribution < 1.29 is 4.79 Å². The standard InChI is InChI=1S/C17H14ClN3O/c1-12-16(17(22)20-14-5-3-2-4-6-14)11-19-21(12)15-9-7-13(18)8-10-15/h2-11H,1H3,(H,20,22). The Morgan fingerprint density at radius 3 is 2.45 bits per heavy atom. The van der Waals surface area contributed by atoms with E-state index < -0.39 is 0 Å². The van der Waals surface area contributed by atoms with Gasteiger partial charge in [0.15, 0.2) is 0 Å². The van der Waals surface area contributed by atoms with E-state index in [1.807, 2.05) is 49.4 Å². The van der Waals surface area contributed by atoms with E-state index in [0.717, 1.165) is 17.1 Å². The molecule has 0 saturated carbocycles. The highest BCUT2D eigenvalue weighted by Gasteiger charge is 2.15. The first-order chi connectivity index (χ1) is 10.6. The number of rotatable bonds is 3. The zero-order valence-corrected chi connectivity index (χ0v) is 12.7. The number of aromatic nitrogens is 2. The second kappa shape index (κ2) is 6.03. The van der Waals surface area contributed by atoms with Gasteiger partial charge in [-0.1, -0.05) is 29.8 Å². The molecule has 2 aromatic carbocycles. The summed E-state index contributed by atoms with van der Waals surface area (Å²) in [4.78, 5) is 12.3. The molecule has 110 valence electrons. The molecule has 4 nitrogen and oxygen atoms in total. The summed E-state index contributed by atoms with van der Waals surface area (Å²) in [7, 11) is 0. The minimum Gasteiger partial charge on any atom is -0.322 e. The molecule has 1 amide bonds. The zero-order valence-electron chi connectivity index (χ0n) is 12.0. The van der Waals surface area contributed by atoms with Gasteiger partial charge in [0.25, 0.3) is 5.91 Å². The Bertz CT molecular complexity index is 795. The summed E-state index contributed by atoms with van der Waals surface area (Å²) in [5, 5.41) is 7.81. The van der Waals surface area contributed by atoms with Crippen LogP contribution >= 0.6 is 11.6 Å². The quantitative estimate of drug-likeness (QED) is 0.792. The van der Waals surface area contributed by atoms with E-state index in [1.54, 1.807) is 23.0 Å². The Morgan fingerprint density at radius 1 is 1.09 bits per heavy atom. The summed E-state index contributed by atoms with van der Waals surface area (Å²) in [6.45, 7) is 1.86. The molecule has 0 aliphatic heterocycles. The Morgan fingerprint density at radius 2 is 1.77 bits per heavy atom. The maximum atomic E-state index is 12.3. The van der Waals surface area contributed by atoms with Crippen molar-refractivity contribution in [3.8, 4) is 5.69 Å². The van der Waals surface area contributed by atoms with Crippen molar-refractivity contribution in [3.05, 3.63) is 77.1 Å².